The van der Waals surface area contributed by atoms with Crippen molar-refractivity contribution >= 4 is 17.0 Å². The zero-order valence-electron chi connectivity index (χ0n) is 23.6. The number of carbonyl (C=O) groups is 1. The van der Waals surface area contributed by atoms with Crippen LogP contribution in [0.25, 0.3) is 11.0 Å². The predicted octanol–water partition coefficient (Wildman–Crippen LogP) is 4.00. The maximum atomic E-state index is 12.0. The molecule has 2 aromatic carbocycles. The van der Waals surface area contributed by atoms with Crippen molar-refractivity contribution in [3.8, 4) is 17.6 Å². The number of imidazole rings is 1. The Morgan fingerprint density at radius 3 is 2.74 bits per heavy atom. The Kier molecular flexibility index (Phi) is 7.51. The fourth-order valence-electron chi connectivity index (χ4n) is 5.82. The largest absolute Gasteiger partial charge is 0.443 e. The van der Waals surface area contributed by atoms with E-state index in [-0.39, 0.29) is 0 Å². The zero-order valence-corrected chi connectivity index (χ0v) is 23.6. The number of ether oxygens (including phenoxy) is 3. The lowest BCUT2D eigenvalue weighted by atomic mass is 9.88. The first-order valence-corrected chi connectivity index (χ1v) is 13.9. The molecule has 2 N–H and O–H groups in total. The SMILES string of the molecule is COCCn1c(CN2CCC(c3cccc4c3OC(C)(c3ccc(C#N)cn3)O4)CC2)nc2ccc(C(=O)ON)cc21. The maximum absolute atomic E-state index is 12.0. The third-order valence-electron chi connectivity index (χ3n) is 8.05. The van der Waals surface area contributed by atoms with E-state index in [9.17, 15) is 4.79 Å². The summed E-state index contributed by atoms with van der Waals surface area (Å²) in [6.45, 7) is 5.44. The number of fused-ring (bicyclic) bond motifs is 2. The fourth-order valence-corrected chi connectivity index (χ4v) is 5.82. The van der Waals surface area contributed by atoms with Crippen LogP contribution in [0.5, 0.6) is 11.5 Å². The fraction of sp³-hybridized carbons (Fsp3) is 0.355. The highest BCUT2D eigenvalue weighted by atomic mass is 16.7. The molecule has 2 aliphatic heterocycles. The second kappa shape index (κ2) is 11.4. The van der Waals surface area contributed by atoms with Gasteiger partial charge in [0.15, 0.2) is 11.5 Å². The van der Waals surface area contributed by atoms with Crippen molar-refractivity contribution in [3.05, 3.63) is 82.9 Å². The van der Waals surface area contributed by atoms with Crippen molar-refractivity contribution < 1.29 is 23.8 Å². The number of nitriles is 1. The Bertz CT molecular complexity index is 1660. The van der Waals surface area contributed by atoms with Crippen molar-refractivity contribution in [1.29, 1.82) is 5.26 Å². The van der Waals surface area contributed by atoms with Crippen LogP contribution in [0.2, 0.25) is 0 Å². The Morgan fingerprint density at radius 1 is 1.19 bits per heavy atom. The van der Waals surface area contributed by atoms with E-state index in [0.29, 0.717) is 48.2 Å². The van der Waals surface area contributed by atoms with Gasteiger partial charge in [-0.2, -0.15) is 11.2 Å². The molecule has 1 saturated heterocycles. The lowest BCUT2D eigenvalue weighted by molar-refractivity contribution is -0.0722. The lowest BCUT2D eigenvalue weighted by Gasteiger charge is -2.32. The zero-order chi connectivity index (χ0) is 29.3. The number of nitrogens with zero attached hydrogens (tertiary/aromatic N) is 5. The summed E-state index contributed by atoms with van der Waals surface area (Å²) in [7, 11) is 1.67. The summed E-state index contributed by atoms with van der Waals surface area (Å²) in [6.07, 6.45) is 3.44. The number of carbonyl (C=O) groups excluding carboxylic acids is 1. The average molecular weight is 569 g/mol. The molecule has 4 aromatic rings. The maximum Gasteiger partial charge on any atom is 0.356 e. The van der Waals surface area contributed by atoms with Crippen LogP contribution in [-0.4, -0.2) is 52.2 Å². The van der Waals surface area contributed by atoms with Crippen LogP contribution in [0.3, 0.4) is 0 Å². The number of rotatable bonds is 8. The summed E-state index contributed by atoms with van der Waals surface area (Å²) >= 11 is 0. The highest BCUT2D eigenvalue weighted by Gasteiger charge is 2.42. The molecule has 0 amide bonds. The van der Waals surface area contributed by atoms with Crippen LogP contribution >= 0.6 is 0 Å². The Hall–Kier alpha value is -4.50. The number of nitrogens with two attached hydrogens (primary N) is 1. The highest BCUT2D eigenvalue weighted by molar-refractivity contribution is 5.93. The quantitative estimate of drug-likeness (QED) is 0.310. The van der Waals surface area contributed by atoms with E-state index in [4.69, 9.17) is 30.4 Å². The molecular formula is C31H32N6O5. The third-order valence-corrected chi connectivity index (χ3v) is 8.05. The van der Waals surface area contributed by atoms with E-state index in [1.807, 2.05) is 25.1 Å². The highest BCUT2D eigenvalue weighted by Crippen LogP contribution is 2.49. The summed E-state index contributed by atoms with van der Waals surface area (Å²) in [5, 5.41) is 9.11. The Labute approximate surface area is 243 Å². The van der Waals surface area contributed by atoms with Gasteiger partial charge in [-0.25, -0.2) is 9.78 Å². The summed E-state index contributed by atoms with van der Waals surface area (Å²) in [4.78, 5) is 28.1. The van der Waals surface area contributed by atoms with Gasteiger partial charge in [0.1, 0.15) is 17.6 Å². The molecule has 11 nitrogen and oxygen atoms in total. The van der Waals surface area contributed by atoms with Crippen LogP contribution in [0.1, 0.15) is 58.7 Å². The van der Waals surface area contributed by atoms with E-state index in [0.717, 1.165) is 54.1 Å². The molecule has 2 aliphatic rings. The molecule has 0 bridgehead atoms. The number of para-hydroxylation sites is 1. The van der Waals surface area contributed by atoms with E-state index in [1.54, 1.807) is 31.4 Å². The van der Waals surface area contributed by atoms with Crippen LogP contribution in [-0.2, 0) is 28.5 Å². The molecule has 2 aromatic heterocycles. The topological polar surface area (TPSA) is 138 Å². The molecule has 216 valence electrons. The smallest absolute Gasteiger partial charge is 0.356 e. The second-order valence-electron chi connectivity index (χ2n) is 10.7. The summed E-state index contributed by atoms with van der Waals surface area (Å²) in [5.41, 5.74) is 4.26. The molecule has 6 rings (SSSR count). The van der Waals surface area contributed by atoms with Crippen LogP contribution in [0, 0.1) is 11.3 Å². The first-order valence-electron chi connectivity index (χ1n) is 13.9. The molecule has 0 spiro atoms. The minimum atomic E-state index is -1.06. The van der Waals surface area contributed by atoms with Crippen molar-refractivity contribution in [3.63, 3.8) is 0 Å². The van der Waals surface area contributed by atoms with Crippen molar-refractivity contribution in [2.45, 2.75) is 44.6 Å². The number of hydrogen-bond donors (Lipinski definition) is 1. The molecular weight excluding hydrogens is 536 g/mol. The van der Waals surface area contributed by atoms with E-state index in [2.05, 4.69) is 31.4 Å². The summed E-state index contributed by atoms with van der Waals surface area (Å²) in [5.74, 6) is 6.15. The van der Waals surface area contributed by atoms with Gasteiger partial charge in [-0.15, -0.1) is 0 Å². The Balaban J connectivity index is 1.17. The minimum Gasteiger partial charge on any atom is -0.443 e. The van der Waals surface area contributed by atoms with Gasteiger partial charge >= 0.3 is 5.97 Å². The van der Waals surface area contributed by atoms with E-state index >= 15 is 0 Å². The normalized spacial score (nSPS) is 18.7. The first-order chi connectivity index (χ1) is 20.4. The number of hydrogen-bond acceptors (Lipinski definition) is 10. The average Bonchev–Trinajstić information content (AvgIpc) is 3.56. The van der Waals surface area contributed by atoms with Gasteiger partial charge < -0.3 is 23.6 Å². The van der Waals surface area contributed by atoms with Crippen molar-refractivity contribution in [2.75, 3.05) is 26.8 Å². The van der Waals surface area contributed by atoms with Gasteiger partial charge in [0.05, 0.1) is 35.3 Å². The monoisotopic (exact) mass is 568 g/mol. The van der Waals surface area contributed by atoms with Crippen molar-refractivity contribution in [1.82, 2.24) is 19.4 Å². The molecule has 42 heavy (non-hydrogen) atoms. The molecule has 1 fully saturated rings. The summed E-state index contributed by atoms with van der Waals surface area (Å²) in [6, 6.07) is 16.9. The van der Waals surface area contributed by atoms with E-state index < -0.39 is 11.8 Å². The molecule has 0 saturated carbocycles. The number of benzene rings is 2. The second-order valence-corrected chi connectivity index (χ2v) is 10.7. The molecule has 0 aliphatic carbocycles. The number of pyridine rings is 1. The van der Waals surface area contributed by atoms with Crippen molar-refractivity contribution in [2.24, 2.45) is 5.90 Å². The molecule has 1 unspecified atom stereocenters. The lowest BCUT2D eigenvalue weighted by Crippen LogP contribution is -2.34. The van der Waals surface area contributed by atoms with Crippen LogP contribution in [0.15, 0.2) is 54.7 Å². The minimum absolute atomic E-state index is 0.313. The van der Waals surface area contributed by atoms with Gasteiger partial charge in [-0.05, 0) is 68.2 Å². The number of methoxy groups -OCH3 is 1. The van der Waals surface area contributed by atoms with Crippen LogP contribution < -0.4 is 15.4 Å². The molecule has 1 atom stereocenters. The van der Waals surface area contributed by atoms with Gasteiger partial charge in [-0.3, -0.25) is 9.88 Å². The third kappa shape index (κ3) is 5.16. The number of piperidine rings is 1. The standard InChI is InChI=1S/C31H32N6O5/c1-31(27-9-6-20(17-32)18-34-27)40-26-5-3-4-23(29(26)41-31)21-10-12-36(13-11-21)19-28-35-24-8-7-22(30(38)42-33)16-25(24)37(28)14-15-39-2/h3-9,16,18,21H,10-15,19,33H2,1-2H3. The number of likely N-dealkylation sites (tertiary alicyclic amines) is 1. The molecule has 4 heterocycles. The van der Waals surface area contributed by atoms with Gasteiger partial charge in [-0.1, -0.05) is 12.1 Å². The van der Waals surface area contributed by atoms with E-state index in [1.165, 1.54) is 6.20 Å². The number of aromatic nitrogens is 3. The summed E-state index contributed by atoms with van der Waals surface area (Å²) < 4.78 is 20.1. The molecule has 0 radical (unpaired) electrons. The van der Waals surface area contributed by atoms with Gasteiger partial charge in [0.2, 0.25) is 0 Å². The Morgan fingerprint density at radius 2 is 2.02 bits per heavy atom. The van der Waals surface area contributed by atoms with Gasteiger partial charge in [0.25, 0.3) is 5.79 Å². The predicted molar refractivity (Wildman–Crippen MR) is 152 cm³/mol. The molecule has 11 heteroatoms. The first kappa shape index (κ1) is 27.7. The van der Waals surface area contributed by atoms with Gasteiger partial charge in [0, 0.05) is 32.3 Å². The van der Waals surface area contributed by atoms with Crippen LogP contribution in [0.4, 0.5) is 0 Å².